The number of aliphatic hydroxyl groups is 1. The average molecular weight is 371 g/mol. The smallest absolute Gasteiger partial charge is 0.173 e. The molecule has 2 aliphatic heterocycles. The van der Waals surface area contributed by atoms with E-state index in [9.17, 15) is 9.90 Å². The summed E-state index contributed by atoms with van der Waals surface area (Å²) < 4.78 is 11.5. The van der Waals surface area contributed by atoms with Crippen LogP contribution in [0.3, 0.4) is 0 Å². The molecule has 146 valence electrons. The molecule has 3 aliphatic rings. The number of para-hydroxylation sites is 1. The second-order valence-electron chi connectivity index (χ2n) is 7.97. The van der Waals surface area contributed by atoms with Gasteiger partial charge in [0.1, 0.15) is 11.9 Å². The Bertz CT molecular complexity index is 710. The lowest BCUT2D eigenvalue weighted by atomic mass is 9.72. The highest BCUT2D eigenvalue weighted by Gasteiger charge is 2.46. The van der Waals surface area contributed by atoms with E-state index in [4.69, 9.17) is 9.47 Å². The minimum atomic E-state index is -0.401. The van der Waals surface area contributed by atoms with Gasteiger partial charge in [0.2, 0.25) is 0 Å². The highest BCUT2D eigenvalue weighted by atomic mass is 16.5. The normalized spacial score (nSPS) is 31.6. The Labute approximate surface area is 161 Å². The fourth-order valence-electron chi connectivity index (χ4n) is 4.86. The maximum atomic E-state index is 13.3. The molecule has 1 aliphatic carbocycles. The Morgan fingerprint density at radius 1 is 1.19 bits per heavy atom. The number of rotatable bonds is 4. The summed E-state index contributed by atoms with van der Waals surface area (Å²) >= 11 is 0. The number of methoxy groups -OCH3 is 1. The number of ether oxygens (including phenoxy) is 2. The van der Waals surface area contributed by atoms with Crippen molar-refractivity contribution >= 4 is 11.4 Å². The second-order valence-corrected chi connectivity index (χ2v) is 7.97. The van der Waals surface area contributed by atoms with E-state index in [1.165, 1.54) is 19.3 Å². The lowest BCUT2D eigenvalue weighted by Crippen LogP contribution is -2.52. The molecule has 0 aromatic heterocycles. The monoisotopic (exact) mass is 371 g/mol. The third kappa shape index (κ3) is 3.63. The standard InChI is InChI=1S/C22H29NO4/c1-26-20-8-4-3-7-15(20)18-14-27-22-16(21(18)25)9-10-19(24)17(22)13-23-11-5-2-6-12-23/h3-4,7-8,14,16-17,19,22,24H,2,5-6,9-13H2,1H3. The maximum Gasteiger partial charge on any atom is 0.173 e. The SMILES string of the molecule is COc1ccccc1C1=COC2C(CCC(O)C2CN2CCCCC2)C1=O. The fraction of sp³-hybridized carbons (Fsp3) is 0.591. The van der Waals surface area contributed by atoms with E-state index in [0.717, 1.165) is 25.2 Å². The van der Waals surface area contributed by atoms with Gasteiger partial charge in [-0.2, -0.15) is 0 Å². The number of hydrogen-bond donors (Lipinski definition) is 1. The molecule has 0 bridgehead atoms. The van der Waals surface area contributed by atoms with E-state index in [-0.39, 0.29) is 23.7 Å². The summed E-state index contributed by atoms with van der Waals surface area (Å²) in [6.45, 7) is 2.97. The number of hydrogen-bond acceptors (Lipinski definition) is 5. The van der Waals surface area contributed by atoms with Gasteiger partial charge in [0, 0.05) is 18.0 Å². The molecule has 0 radical (unpaired) electrons. The zero-order chi connectivity index (χ0) is 18.8. The van der Waals surface area contributed by atoms with Gasteiger partial charge in [0.05, 0.1) is 31.0 Å². The summed E-state index contributed by atoms with van der Waals surface area (Å²) in [5.41, 5.74) is 1.36. The minimum absolute atomic E-state index is 0.0127. The van der Waals surface area contributed by atoms with Crippen molar-refractivity contribution < 1.29 is 19.4 Å². The fourth-order valence-corrected chi connectivity index (χ4v) is 4.86. The second kappa shape index (κ2) is 8.03. The molecular weight excluding hydrogens is 342 g/mol. The Balaban J connectivity index is 1.57. The number of carbonyl (C=O) groups excluding carboxylic acids is 1. The summed E-state index contributed by atoms with van der Waals surface area (Å²) in [6.07, 6.45) is 6.02. The van der Waals surface area contributed by atoms with Crippen LogP contribution in [-0.4, -0.2) is 54.7 Å². The zero-order valence-corrected chi connectivity index (χ0v) is 16.0. The van der Waals surface area contributed by atoms with Crippen LogP contribution in [-0.2, 0) is 9.53 Å². The first kappa shape index (κ1) is 18.5. The van der Waals surface area contributed by atoms with Crippen molar-refractivity contribution in [3.05, 3.63) is 36.1 Å². The summed E-state index contributed by atoms with van der Waals surface area (Å²) in [6, 6.07) is 7.56. The number of piperidine rings is 1. The van der Waals surface area contributed by atoms with Crippen molar-refractivity contribution in [2.75, 3.05) is 26.7 Å². The molecule has 2 fully saturated rings. The van der Waals surface area contributed by atoms with Gasteiger partial charge in [-0.3, -0.25) is 4.79 Å². The number of Topliss-reactive ketones (excluding diaryl/α,β-unsaturated/α-hetero) is 1. The number of fused-ring (bicyclic) bond motifs is 1. The summed E-state index contributed by atoms with van der Waals surface area (Å²) in [4.78, 5) is 15.7. The van der Waals surface area contributed by atoms with Crippen LogP contribution in [0.15, 0.2) is 30.5 Å². The van der Waals surface area contributed by atoms with Crippen LogP contribution in [0.25, 0.3) is 5.57 Å². The van der Waals surface area contributed by atoms with Crippen LogP contribution in [0.2, 0.25) is 0 Å². The van der Waals surface area contributed by atoms with Gasteiger partial charge in [-0.25, -0.2) is 0 Å². The van der Waals surface area contributed by atoms with Crippen LogP contribution in [0.1, 0.15) is 37.7 Å². The van der Waals surface area contributed by atoms with Crippen LogP contribution < -0.4 is 4.74 Å². The van der Waals surface area contributed by atoms with Crippen LogP contribution in [0.5, 0.6) is 5.75 Å². The summed E-state index contributed by atoms with van der Waals surface area (Å²) in [5.74, 6) is 0.598. The van der Waals surface area contributed by atoms with Crippen molar-refractivity contribution in [3.8, 4) is 5.75 Å². The van der Waals surface area contributed by atoms with E-state index in [1.807, 2.05) is 24.3 Å². The van der Waals surface area contributed by atoms with Crippen molar-refractivity contribution in [1.82, 2.24) is 4.90 Å². The molecule has 1 saturated carbocycles. The van der Waals surface area contributed by atoms with Crippen LogP contribution >= 0.6 is 0 Å². The molecule has 5 heteroatoms. The van der Waals surface area contributed by atoms with E-state index < -0.39 is 6.10 Å². The van der Waals surface area contributed by atoms with Gasteiger partial charge in [-0.1, -0.05) is 24.6 Å². The molecule has 4 rings (SSSR count). The molecule has 4 unspecified atom stereocenters. The van der Waals surface area contributed by atoms with Crippen molar-refractivity contribution in [3.63, 3.8) is 0 Å². The summed E-state index contributed by atoms with van der Waals surface area (Å²) in [5, 5.41) is 10.6. The lowest BCUT2D eigenvalue weighted by Gasteiger charge is -2.44. The molecule has 1 N–H and O–H groups in total. The molecular formula is C22H29NO4. The van der Waals surface area contributed by atoms with Crippen molar-refractivity contribution in [1.29, 1.82) is 0 Å². The van der Waals surface area contributed by atoms with Crippen molar-refractivity contribution in [2.24, 2.45) is 11.8 Å². The molecule has 27 heavy (non-hydrogen) atoms. The Kier molecular flexibility index (Phi) is 5.50. The highest BCUT2D eigenvalue weighted by molar-refractivity contribution is 6.22. The first-order valence-electron chi connectivity index (χ1n) is 10.1. The number of benzene rings is 1. The molecule has 1 aromatic carbocycles. The van der Waals surface area contributed by atoms with E-state index in [1.54, 1.807) is 13.4 Å². The Morgan fingerprint density at radius 3 is 2.74 bits per heavy atom. The zero-order valence-electron chi connectivity index (χ0n) is 16.0. The molecule has 0 amide bonds. The van der Waals surface area contributed by atoms with Gasteiger partial charge in [0.25, 0.3) is 0 Å². The number of carbonyl (C=O) groups is 1. The van der Waals surface area contributed by atoms with Crippen LogP contribution in [0.4, 0.5) is 0 Å². The van der Waals surface area contributed by atoms with Gasteiger partial charge in [-0.15, -0.1) is 0 Å². The van der Waals surface area contributed by atoms with E-state index >= 15 is 0 Å². The third-order valence-electron chi connectivity index (χ3n) is 6.35. The predicted molar refractivity (Wildman–Crippen MR) is 103 cm³/mol. The Morgan fingerprint density at radius 2 is 1.96 bits per heavy atom. The number of allylic oxidation sites excluding steroid dienone is 1. The van der Waals surface area contributed by atoms with Crippen molar-refractivity contribution in [2.45, 2.75) is 44.3 Å². The molecule has 1 aromatic rings. The van der Waals surface area contributed by atoms with E-state index in [0.29, 0.717) is 24.2 Å². The number of aliphatic hydroxyl groups excluding tert-OH is 1. The number of nitrogens with zero attached hydrogens (tertiary/aromatic N) is 1. The molecule has 0 spiro atoms. The van der Waals surface area contributed by atoms with E-state index in [2.05, 4.69) is 4.90 Å². The molecule has 5 nitrogen and oxygen atoms in total. The molecule has 2 heterocycles. The number of likely N-dealkylation sites (tertiary alicyclic amines) is 1. The maximum absolute atomic E-state index is 13.3. The molecule has 1 saturated heterocycles. The number of ketones is 1. The quantitative estimate of drug-likeness (QED) is 0.882. The largest absolute Gasteiger partial charge is 0.496 e. The minimum Gasteiger partial charge on any atom is -0.496 e. The van der Waals surface area contributed by atoms with Gasteiger partial charge in [0.15, 0.2) is 5.78 Å². The van der Waals surface area contributed by atoms with Crippen LogP contribution in [0, 0.1) is 11.8 Å². The first-order valence-corrected chi connectivity index (χ1v) is 10.1. The highest BCUT2D eigenvalue weighted by Crippen LogP contribution is 2.41. The average Bonchev–Trinajstić information content (AvgIpc) is 2.71. The summed E-state index contributed by atoms with van der Waals surface area (Å²) in [7, 11) is 1.61. The van der Waals surface area contributed by atoms with Gasteiger partial charge >= 0.3 is 0 Å². The predicted octanol–water partition coefficient (Wildman–Crippen LogP) is 2.88. The first-order chi connectivity index (χ1) is 13.2. The van der Waals surface area contributed by atoms with Gasteiger partial charge < -0.3 is 19.5 Å². The molecule has 4 atom stereocenters. The Hall–Kier alpha value is -1.85. The lowest BCUT2D eigenvalue weighted by molar-refractivity contribution is -0.133. The topological polar surface area (TPSA) is 59.0 Å². The van der Waals surface area contributed by atoms with Gasteiger partial charge in [-0.05, 0) is 44.8 Å². The third-order valence-corrected chi connectivity index (χ3v) is 6.35.